The van der Waals surface area contributed by atoms with Gasteiger partial charge < -0.3 is 15.8 Å². The van der Waals surface area contributed by atoms with Gasteiger partial charge in [-0.25, -0.2) is 0 Å². The monoisotopic (exact) mass is 278 g/mol. The first-order valence-electron chi connectivity index (χ1n) is 6.86. The van der Waals surface area contributed by atoms with Crippen molar-refractivity contribution < 1.29 is 9.53 Å². The van der Waals surface area contributed by atoms with E-state index >= 15 is 0 Å². The van der Waals surface area contributed by atoms with Gasteiger partial charge in [-0.1, -0.05) is 12.8 Å². The van der Waals surface area contributed by atoms with Crippen molar-refractivity contribution in [2.75, 3.05) is 19.7 Å². The first kappa shape index (κ1) is 17.7. The minimum atomic E-state index is 0. The molecule has 0 aromatic carbocycles. The number of carbonyl (C=O) groups is 1. The Labute approximate surface area is 116 Å². The van der Waals surface area contributed by atoms with E-state index in [0.29, 0.717) is 31.5 Å². The Kier molecular flexibility index (Phi) is 10.4. The molecule has 1 saturated carbocycles. The van der Waals surface area contributed by atoms with Crippen LogP contribution in [-0.4, -0.2) is 31.7 Å². The highest BCUT2D eigenvalue weighted by Gasteiger charge is 2.24. The van der Waals surface area contributed by atoms with E-state index in [2.05, 4.69) is 5.32 Å². The first-order valence-corrected chi connectivity index (χ1v) is 6.86. The molecule has 0 aliphatic heterocycles. The topological polar surface area (TPSA) is 64.3 Å². The van der Waals surface area contributed by atoms with Gasteiger partial charge in [-0.2, -0.15) is 0 Å². The Balaban J connectivity index is 0.00000289. The Morgan fingerprint density at radius 1 is 1.44 bits per heavy atom. The van der Waals surface area contributed by atoms with Crippen molar-refractivity contribution in [1.29, 1.82) is 0 Å². The molecule has 1 aliphatic rings. The second kappa shape index (κ2) is 10.6. The van der Waals surface area contributed by atoms with E-state index in [1.54, 1.807) is 0 Å². The Morgan fingerprint density at radius 3 is 2.67 bits per heavy atom. The van der Waals surface area contributed by atoms with E-state index in [1.165, 1.54) is 25.7 Å². The molecule has 1 fully saturated rings. The second-order valence-electron chi connectivity index (χ2n) is 4.72. The van der Waals surface area contributed by atoms with Crippen LogP contribution in [-0.2, 0) is 9.53 Å². The molecule has 1 aliphatic carbocycles. The number of ether oxygens (including phenoxy) is 1. The summed E-state index contributed by atoms with van der Waals surface area (Å²) < 4.78 is 5.79. The highest BCUT2D eigenvalue weighted by Crippen LogP contribution is 2.30. The number of rotatable bonds is 8. The number of nitrogens with two attached hydrogens (primary N) is 1. The molecule has 0 aromatic heterocycles. The number of carbonyl (C=O) groups excluding carboxylic acids is 1. The zero-order chi connectivity index (χ0) is 12.5. The zero-order valence-electron chi connectivity index (χ0n) is 11.3. The smallest absolute Gasteiger partial charge is 0.221 e. The molecule has 1 amide bonds. The maximum absolute atomic E-state index is 11.3. The van der Waals surface area contributed by atoms with E-state index < -0.39 is 0 Å². The van der Waals surface area contributed by atoms with E-state index in [-0.39, 0.29) is 18.3 Å². The quantitative estimate of drug-likeness (QED) is 0.712. The summed E-state index contributed by atoms with van der Waals surface area (Å²) in [4.78, 5) is 11.3. The highest BCUT2D eigenvalue weighted by atomic mass is 35.5. The molecule has 1 rings (SSSR count). The lowest BCUT2D eigenvalue weighted by Crippen LogP contribution is -2.31. The number of hydrogen-bond acceptors (Lipinski definition) is 3. The van der Waals surface area contributed by atoms with Crippen molar-refractivity contribution in [1.82, 2.24) is 5.32 Å². The molecule has 0 saturated heterocycles. The molecular formula is C13H27ClN2O2. The number of halogens is 1. The summed E-state index contributed by atoms with van der Waals surface area (Å²) in [5, 5.41) is 2.90. The third-order valence-electron chi connectivity index (χ3n) is 3.43. The fraction of sp³-hybridized carbons (Fsp3) is 0.923. The lowest BCUT2D eigenvalue weighted by atomic mass is 9.98. The van der Waals surface area contributed by atoms with Gasteiger partial charge in [0.15, 0.2) is 0 Å². The van der Waals surface area contributed by atoms with Crippen molar-refractivity contribution in [3.05, 3.63) is 0 Å². The van der Waals surface area contributed by atoms with Crippen molar-refractivity contribution in [3.63, 3.8) is 0 Å². The average Bonchev–Trinajstić information content (AvgIpc) is 2.81. The summed E-state index contributed by atoms with van der Waals surface area (Å²) in [7, 11) is 0. The molecule has 0 bridgehead atoms. The third kappa shape index (κ3) is 6.57. The van der Waals surface area contributed by atoms with E-state index in [4.69, 9.17) is 10.5 Å². The summed E-state index contributed by atoms with van der Waals surface area (Å²) in [6.45, 7) is 3.93. The molecule has 108 valence electrons. The van der Waals surface area contributed by atoms with Crippen molar-refractivity contribution in [2.24, 2.45) is 11.7 Å². The van der Waals surface area contributed by atoms with Crippen LogP contribution in [0.4, 0.5) is 0 Å². The van der Waals surface area contributed by atoms with Gasteiger partial charge in [0.2, 0.25) is 5.91 Å². The molecule has 1 atom stereocenters. The van der Waals surface area contributed by atoms with Crippen LogP contribution in [0.5, 0.6) is 0 Å². The van der Waals surface area contributed by atoms with Crippen molar-refractivity contribution >= 4 is 18.3 Å². The largest absolute Gasteiger partial charge is 0.378 e. The summed E-state index contributed by atoms with van der Waals surface area (Å²) >= 11 is 0. The summed E-state index contributed by atoms with van der Waals surface area (Å²) in [5.41, 5.74) is 5.32. The third-order valence-corrected chi connectivity index (χ3v) is 3.43. The van der Waals surface area contributed by atoms with E-state index in [1.807, 2.05) is 6.92 Å². The van der Waals surface area contributed by atoms with Gasteiger partial charge >= 0.3 is 0 Å². The van der Waals surface area contributed by atoms with Crippen LogP contribution >= 0.6 is 12.4 Å². The van der Waals surface area contributed by atoms with E-state index in [0.717, 1.165) is 13.0 Å². The lowest BCUT2D eigenvalue weighted by molar-refractivity contribution is -0.121. The second-order valence-corrected chi connectivity index (χ2v) is 4.72. The fourth-order valence-corrected chi connectivity index (χ4v) is 2.57. The first-order chi connectivity index (χ1) is 8.27. The predicted molar refractivity (Wildman–Crippen MR) is 75.9 cm³/mol. The van der Waals surface area contributed by atoms with Gasteiger partial charge in [0, 0.05) is 26.1 Å². The molecule has 3 N–H and O–H groups in total. The van der Waals surface area contributed by atoms with Crippen molar-refractivity contribution in [3.8, 4) is 0 Å². The highest BCUT2D eigenvalue weighted by molar-refractivity contribution is 5.85. The number of hydrogen-bond donors (Lipinski definition) is 2. The zero-order valence-corrected chi connectivity index (χ0v) is 12.1. The van der Waals surface area contributed by atoms with Gasteiger partial charge in [0.1, 0.15) is 0 Å². The molecular weight excluding hydrogens is 252 g/mol. The normalized spacial score (nSPS) is 17.2. The maximum atomic E-state index is 11.3. The standard InChI is InChI=1S/C13H26N2O2.ClH/c1-2-17-12(11-5-3-4-6-11)8-10-15-13(16)7-9-14;/h11-12H,2-10,14H2,1H3,(H,15,16);1H. The Hall–Kier alpha value is -0.320. The van der Waals surface area contributed by atoms with Crippen LogP contribution in [0.25, 0.3) is 0 Å². The molecule has 4 nitrogen and oxygen atoms in total. The van der Waals surface area contributed by atoms with Crippen LogP contribution in [0.1, 0.15) is 45.4 Å². The van der Waals surface area contributed by atoms with Gasteiger partial charge in [-0.05, 0) is 32.1 Å². The van der Waals surface area contributed by atoms with Crippen LogP contribution in [0, 0.1) is 5.92 Å². The molecule has 0 heterocycles. The predicted octanol–water partition coefficient (Wildman–Crippen LogP) is 1.86. The van der Waals surface area contributed by atoms with Crippen LogP contribution in [0.3, 0.4) is 0 Å². The average molecular weight is 279 g/mol. The van der Waals surface area contributed by atoms with E-state index in [9.17, 15) is 4.79 Å². The molecule has 0 spiro atoms. The van der Waals surface area contributed by atoms with Gasteiger partial charge in [-0.15, -0.1) is 12.4 Å². The molecule has 5 heteroatoms. The Bertz CT molecular complexity index is 221. The van der Waals surface area contributed by atoms with Gasteiger partial charge in [0.05, 0.1) is 6.10 Å². The van der Waals surface area contributed by atoms with Crippen LogP contribution < -0.4 is 11.1 Å². The minimum Gasteiger partial charge on any atom is -0.378 e. The van der Waals surface area contributed by atoms with Crippen LogP contribution in [0.15, 0.2) is 0 Å². The van der Waals surface area contributed by atoms with Crippen LogP contribution in [0.2, 0.25) is 0 Å². The number of amides is 1. The maximum Gasteiger partial charge on any atom is 0.221 e. The lowest BCUT2D eigenvalue weighted by Gasteiger charge is -2.23. The minimum absolute atomic E-state index is 0. The fourth-order valence-electron chi connectivity index (χ4n) is 2.57. The van der Waals surface area contributed by atoms with Gasteiger partial charge in [-0.3, -0.25) is 4.79 Å². The molecule has 0 radical (unpaired) electrons. The SMILES string of the molecule is CCOC(CCNC(=O)CCN)C1CCCC1.Cl. The molecule has 0 aromatic rings. The Morgan fingerprint density at radius 2 is 2.11 bits per heavy atom. The summed E-state index contributed by atoms with van der Waals surface area (Å²) in [6.07, 6.45) is 6.88. The molecule has 18 heavy (non-hydrogen) atoms. The summed E-state index contributed by atoms with van der Waals surface area (Å²) in [5.74, 6) is 0.746. The number of nitrogens with one attached hydrogen (secondary N) is 1. The van der Waals surface area contributed by atoms with Crippen molar-refractivity contribution in [2.45, 2.75) is 51.6 Å². The molecule has 1 unspecified atom stereocenters. The summed E-state index contributed by atoms with van der Waals surface area (Å²) in [6, 6.07) is 0. The van der Waals surface area contributed by atoms with Gasteiger partial charge in [0.25, 0.3) is 0 Å².